The van der Waals surface area contributed by atoms with Gasteiger partial charge in [-0.15, -0.1) is 4.83 Å². The predicted molar refractivity (Wildman–Crippen MR) is 88.5 cm³/mol. The van der Waals surface area contributed by atoms with Gasteiger partial charge in [0.05, 0.1) is 4.92 Å². The number of nitrogens with one attached hydrogen (secondary N) is 2. The summed E-state index contributed by atoms with van der Waals surface area (Å²) < 4.78 is 29.3. The second-order valence-corrected chi connectivity index (χ2v) is 6.71. The predicted octanol–water partition coefficient (Wildman–Crippen LogP) is 1.64. The number of ether oxygens (including phenoxy) is 1. The molecule has 11 heteroatoms. The van der Waals surface area contributed by atoms with Crippen molar-refractivity contribution in [2.24, 2.45) is 0 Å². The first-order chi connectivity index (χ1) is 11.8. The highest BCUT2D eigenvalue weighted by Gasteiger charge is 2.25. The van der Waals surface area contributed by atoms with E-state index in [2.05, 4.69) is 0 Å². The molecule has 0 spiro atoms. The summed E-state index contributed by atoms with van der Waals surface area (Å²) in [5.74, 6) is -0.432. The number of carbonyl (C=O) groups is 1. The smallest absolute Gasteiger partial charge is 0.289 e. The Morgan fingerprint density at radius 1 is 1.16 bits per heavy atom. The van der Waals surface area contributed by atoms with Gasteiger partial charge < -0.3 is 4.74 Å². The molecule has 0 bridgehead atoms. The molecular formula is C14H12ClN3O6S. The molecule has 132 valence electrons. The van der Waals surface area contributed by atoms with Crippen molar-refractivity contribution < 1.29 is 22.9 Å². The summed E-state index contributed by atoms with van der Waals surface area (Å²) >= 11 is 5.71. The van der Waals surface area contributed by atoms with E-state index in [1.807, 2.05) is 5.43 Å². The number of hydrazine groups is 1. The Balaban J connectivity index is 1.96. The molecule has 2 N–H and O–H groups in total. The van der Waals surface area contributed by atoms with E-state index in [4.69, 9.17) is 16.3 Å². The van der Waals surface area contributed by atoms with Gasteiger partial charge in [-0.1, -0.05) is 23.7 Å². The number of carbonyl (C=O) groups excluding carboxylic acids is 1. The first-order valence-corrected chi connectivity index (χ1v) is 8.58. The Bertz CT molecular complexity index is 886. The van der Waals surface area contributed by atoms with Gasteiger partial charge in [0.25, 0.3) is 21.6 Å². The quantitative estimate of drug-likeness (QED) is 0.550. The second-order valence-electron chi connectivity index (χ2n) is 4.62. The van der Waals surface area contributed by atoms with Gasteiger partial charge in [0.15, 0.2) is 11.5 Å². The SMILES string of the molecule is O=C(COc1ccc(Cl)cc1)NNS(=O)(=O)c1ccccc1[N+](=O)[O-]. The highest BCUT2D eigenvalue weighted by molar-refractivity contribution is 7.89. The molecule has 0 saturated carbocycles. The number of rotatable bonds is 7. The van der Waals surface area contributed by atoms with Crippen LogP contribution in [0.5, 0.6) is 5.75 Å². The fourth-order valence-electron chi connectivity index (χ4n) is 1.73. The fourth-order valence-corrected chi connectivity index (χ4v) is 2.89. The Morgan fingerprint density at radius 3 is 2.44 bits per heavy atom. The van der Waals surface area contributed by atoms with E-state index in [1.54, 1.807) is 17.0 Å². The molecular weight excluding hydrogens is 374 g/mol. The molecule has 0 aliphatic heterocycles. The summed E-state index contributed by atoms with van der Waals surface area (Å²) in [6.45, 7) is -0.471. The minimum atomic E-state index is -4.32. The molecule has 2 aromatic carbocycles. The topological polar surface area (TPSA) is 128 Å². The van der Waals surface area contributed by atoms with Crippen LogP contribution in [0.3, 0.4) is 0 Å². The molecule has 1 amide bonds. The van der Waals surface area contributed by atoms with Gasteiger partial charge in [-0.25, -0.2) is 8.42 Å². The number of sulfonamides is 1. The van der Waals surface area contributed by atoms with E-state index in [9.17, 15) is 23.3 Å². The van der Waals surface area contributed by atoms with Crippen molar-refractivity contribution in [1.82, 2.24) is 10.3 Å². The van der Waals surface area contributed by atoms with Crippen molar-refractivity contribution >= 4 is 33.2 Å². The zero-order valence-electron chi connectivity index (χ0n) is 12.5. The number of hydrogen-bond acceptors (Lipinski definition) is 6. The lowest BCUT2D eigenvalue weighted by atomic mass is 10.3. The van der Waals surface area contributed by atoms with Crippen molar-refractivity contribution in [3.8, 4) is 5.75 Å². The van der Waals surface area contributed by atoms with Gasteiger partial charge >= 0.3 is 0 Å². The lowest BCUT2D eigenvalue weighted by molar-refractivity contribution is -0.387. The number of nitro benzene ring substituents is 1. The number of nitro groups is 1. The fraction of sp³-hybridized carbons (Fsp3) is 0.0714. The lowest BCUT2D eigenvalue weighted by Gasteiger charge is -2.09. The number of para-hydroxylation sites is 1. The first kappa shape index (κ1) is 18.6. The highest BCUT2D eigenvalue weighted by atomic mass is 35.5. The molecule has 0 unspecified atom stereocenters. The average Bonchev–Trinajstić information content (AvgIpc) is 2.59. The van der Waals surface area contributed by atoms with Crippen LogP contribution in [0.1, 0.15) is 0 Å². The molecule has 0 radical (unpaired) electrons. The minimum absolute atomic E-state index is 0.362. The number of benzene rings is 2. The summed E-state index contributed by atoms with van der Waals surface area (Å²) in [6.07, 6.45) is 0. The third kappa shape index (κ3) is 5.14. The zero-order valence-corrected chi connectivity index (χ0v) is 14.1. The number of nitrogens with zero attached hydrogens (tertiary/aromatic N) is 1. The van der Waals surface area contributed by atoms with Crippen LogP contribution in [0.15, 0.2) is 53.4 Å². The molecule has 25 heavy (non-hydrogen) atoms. The average molecular weight is 386 g/mol. The Morgan fingerprint density at radius 2 is 1.80 bits per heavy atom. The molecule has 0 fully saturated rings. The maximum absolute atomic E-state index is 12.1. The van der Waals surface area contributed by atoms with Crippen LogP contribution in [-0.2, 0) is 14.8 Å². The third-order valence-electron chi connectivity index (χ3n) is 2.86. The van der Waals surface area contributed by atoms with Gasteiger partial charge in [0.2, 0.25) is 0 Å². The number of halogens is 1. The van der Waals surface area contributed by atoms with E-state index in [-0.39, 0.29) is 0 Å². The second kappa shape index (κ2) is 7.92. The van der Waals surface area contributed by atoms with Gasteiger partial charge in [0.1, 0.15) is 5.75 Å². The normalized spacial score (nSPS) is 10.9. The number of amides is 1. The Labute approximate surface area is 147 Å². The molecule has 0 atom stereocenters. The molecule has 0 saturated heterocycles. The van der Waals surface area contributed by atoms with Gasteiger partial charge in [-0.3, -0.25) is 20.3 Å². The van der Waals surface area contributed by atoms with E-state index < -0.39 is 38.0 Å². The van der Waals surface area contributed by atoms with E-state index in [0.29, 0.717) is 10.8 Å². The number of hydrogen-bond donors (Lipinski definition) is 2. The van der Waals surface area contributed by atoms with Crippen molar-refractivity contribution in [2.45, 2.75) is 4.90 Å². The maximum Gasteiger partial charge on any atom is 0.289 e. The minimum Gasteiger partial charge on any atom is -0.484 e. The summed E-state index contributed by atoms with van der Waals surface area (Å²) in [5.41, 5.74) is 1.31. The highest BCUT2D eigenvalue weighted by Crippen LogP contribution is 2.22. The molecule has 0 aliphatic rings. The largest absolute Gasteiger partial charge is 0.484 e. The van der Waals surface area contributed by atoms with Crippen LogP contribution in [0.25, 0.3) is 0 Å². The summed E-state index contributed by atoms with van der Waals surface area (Å²) in [4.78, 5) is 22.9. The first-order valence-electron chi connectivity index (χ1n) is 6.72. The summed E-state index contributed by atoms with van der Waals surface area (Å²) in [7, 11) is -4.32. The van der Waals surface area contributed by atoms with Crippen molar-refractivity contribution in [3.05, 3.63) is 63.7 Å². The van der Waals surface area contributed by atoms with Crippen molar-refractivity contribution in [3.63, 3.8) is 0 Å². The maximum atomic E-state index is 12.1. The molecule has 0 aliphatic carbocycles. The van der Waals surface area contributed by atoms with Gasteiger partial charge in [0, 0.05) is 11.1 Å². The van der Waals surface area contributed by atoms with Crippen molar-refractivity contribution in [2.75, 3.05) is 6.61 Å². The van der Waals surface area contributed by atoms with Crippen molar-refractivity contribution in [1.29, 1.82) is 0 Å². The molecule has 2 rings (SSSR count). The monoisotopic (exact) mass is 385 g/mol. The lowest BCUT2D eigenvalue weighted by Crippen LogP contribution is -2.43. The Hall–Kier alpha value is -2.69. The third-order valence-corrected chi connectivity index (χ3v) is 4.41. The molecule has 0 aromatic heterocycles. The van der Waals surface area contributed by atoms with E-state index >= 15 is 0 Å². The molecule has 0 heterocycles. The van der Waals surface area contributed by atoms with Crippen LogP contribution in [-0.4, -0.2) is 25.9 Å². The zero-order chi connectivity index (χ0) is 18.4. The van der Waals surface area contributed by atoms with Crippen LogP contribution in [0.2, 0.25) is 5.02 Å². The van der Waals surface area contributed by atoms with Crippen LogP contribution < -0.4 is 15.0 Å². The van der Waals surface area contributed by atoms with E-state index in [1.165, 1.54) is 24.3 Å². The van der Waals surface area contributed by atoms with Gasteiger partial charge in [-0.2, -0.15) is 0 Å². The summed E-state index contributed by atoms with van der Waals surface area (Å²) in [5, 5.41) is 11.4. The molecule has 2 aromatic rings. The summed E-state index contributed by atoms with van der Waals surface area (Å²) in [6, 6.07) is 10.9. The van der Waals surface area contributed by atoms with Crippen LogP contribution in [0.4, 0.5) is 5.69 Å². The standard InChI is InChI=1S/C14H12ClN3O6S/c15-10-5-7-11(8-6-10)24-9-14(19)16-17-25(22,23)13-4-2-1-3-12(13)18(20)21/h1-8,17H,9H2,(H,16,19). The molecule has 9 nitrogen and oxygen atoms in total. The van der Waals surface area contributed by atoms with Crippen LogP contribution in [0, 0.1) is 10.1 Å². The van der Waals surface area contributed by atoms with Crippen LogP contribution >= 0.6 is 11.6 Å². The van der Waals surface area contributed by atoms with Gasteiger partial charge in [-0.05, 0) is 30.3 Å². The Kier molecular flexibility index (Phi) is 5.91. The van der Waals surface area contributed by atoms with E-state index in [0.717, 1.165) is 12.1 Å².